The summed E-state index contributed by atoms with van der Waals surface area (Å²) in [6.45, 7) is 0. The van der Waals surface area contributed by atoms with Crippen molar-refractivity contribution in [1.82, 2.24) is 9.97 Å². The van der Waals surface area contributed by atoms with Gasteiger partial charge in [-0.3, -0.25) is 0 Å². The number of anilines is 2. The number of halogens is 1. The minimum absolute atomic E-state index is 0.310. The lowest BCUT2D eigenvalue weighted by atomic mass is 9.93. The minimum Gasteiger partial charge on any atom is -0.368 e. The fraction of sp³-hybridized carbons (Fsp3) is 0.500. The van der Waals surface area contributed by atoms with Crippen molar-refractivity contribution in [2.45, 2.75) is 25.3 Å². The second-order valence-electron chi connectivity index (χ2n) is 3.20. The van der Waals surface area contributed by atoms with Crippen LogP contribution in [0.2, 0.25) is 0 Å². The molecule has 0 saturated heterocycles. The molecule has 13 heavy (non-hydrogen) atoms. The molecule has 0 bridgehead atoms. The average Bonchev–Trinajstić information content (AvgIpc) is 2.03. The van der Waals surface area contributed by atoms with Crippen LogP contribution >= 0.6 is 15.9 Å². The number of nitrogens with two attached hydrogens (primary N) is 1. The first-order valence-corrected chi connectivity index (χ1v) is 5.09. The third-order valence-electron chi connectivity index (χ3n) is 2.21. The van der Waals surface area contributed by atoms with Gasteiger partial charge in [-0.25, -0.2) is 4.98 Å². The largest absolute Gasteiger partial charge is 0.368 e. The van der Waals surface area contributed by atoms with Crippen LogP contribution in [0.3, 0.4) is 0 Å². The molecule has 70 valence electrons. The van der Waals surface area contributed by atoms with E-state index in [4.69, 9.17) is 5.73 Å². The van der Waals surface area contributed by atoms with Gasteiger partial charge in [-0.05, 0) is 35.2 Å². The number of aromatic nitrogens is 2. The summed E-state index contributed by atoms with van der Waals surface area (Å²) in [7, 11) is 0. The van der Waals surface area contributed by atoms with Gasteiger partial charge in [-0.1, -0.05) is 0 Å². The van der Waals surface area contributed by atoms with Crippen LogP contribution in [0.1, 0.15) is 19.3 Å². The van der Waals surface area contributed by atoms with Gasteiger partial charge in [0.2, 0.25) is 5.95 Å². The van der Waals surface area contributed by atoms with Gasteiger partial charge in [0, 0.05) is 12.2 Å². The highest BCUT2D eigenvalue weighted by Gasteiger charge is 2.18. The zero-order chi connectivity index (χ0) is 9.26. The van der Waals surface area contributed by atoms with Crippen LogP contribution < -0.4 is 11.1 Å². The molecule has 1 aliphatic rings. The summed E-state index contributed by atoms with van der Waals surface area (Å²) in [5, 5.41) is 3.31. The lowest BCUT2D eigenvalue weighted by Gasteiger charge is -2.27. The van der Waals surface area contributed by atoms with Crippen molar-refractivity contribution in [1.29, 1.82) is 0 Å². The smallest absolute Gasteiger partial charge is 0.221 e. The molecule has 1 saturated carbocycles. The van der Waals surface area contributed by atoms with E-state index >= 15 is 0 Å². The van der Waals surface area contributed by atoms with Gasteiger partial charge >= 0.3 is 0 Å². The van der Waals surface area contributed by atoms with Gasteiger partial charge < -0.3 is 11.1 Å². The summed E-state index contributed by atoms with van der Waals surface area (Å²) in [5.74, 6) is 1.11. The highest BCUT2D eigenvalue weighted by atomic mass is 79.9. The minimum atomic E-state index is 0.310. The van der Waals surface area contributed by atoms with Gasteiger partial charge in [0.05, 0.1) is 4.47 Å². The van der Waals surface area contributed by atoms with Crippen molar-refractivity contribution in [3.63, 3.8) is 0 Å². The van der Waals surface area contributed by atoms with Crippen LogP contribution in [0.15, 0.2) is 10.7 Å². The van der Waals surface area contributed by atoms with Crippen molar-refractivity contribution >= 4 is 27.7 Å². The molecule has 0 atom stereocenters. The average molecular weight is 243 g/mol. The van der Waals surface area contributed by atoms with Crippen molar-refractivity contribution in [3.05, 3.63) is 10.7 Å². The Morgan fingerprint density at radius 1 is 1.54 bits per heavy atom. The predicted molar refractivity (Wildman–Crippen MR) is 55.4 cm³/mol. The number of nitrogens with zero attached hydrogens (tertiary/aromatic N) is 2. The van der Waals surface area contributed by atoms with E-state index < -0.39 is 0 Å². The van der Waals surface area contributed by atoms with E-state index in [1.165, 1.54) is 19.3 Å². The van der Waals surface area contributed by atoms with Gasteiger partial charge in [0.25, 0.3) is 0 Å². The summed E-state index contributed by atoms with van der Waals surface area (Å²) < 4.78 is 0.869. The molecule has 1 aromatic rings. The molecule has 1 heterocycles. The summed E-state index contributed by atoms with van der Waals surface area (Å²) in [6.07, 6.45) is 5.41. The molecule has 2 rings (SSSR count). The Labute approximate surface area is 85.1 Å². The molecule has 0 aliphatic heterocycles. The monoisotopic (exact) mass is 242 g/mol. The van der Waals surface area contributed by atoms with E-state index in [0.29, 0.717) is 12.0 Å². The Balaban J connectivity index is 2.13. The molecule has 1 aliphatic carbocycles. The zero-order valence-corrected chi connectivity index (χ0v) is 8.71. The Bertz CT molecular complexity index is 311. The Morgan fingerprint density at radius 2 is 2.31 bits per heavy atom. The van der Waals surface area contributed by atoms with E-state index in [1.54, 1.807) is 6.20 Å². The fourth-order valence-corrected chi connectivity index (χ4v) is 1.53. The molecule has 0 spiro atoms. The van der Waals surface area contributed by atoms with E-state index in [1.807, 2.05) is 0 Å². The third kappa shape index (κ3) is 1.91. The number of nitrogens with one attached hydrogen (secondary N) is 1. The molecular weight excluding hydrogens is 232 g/mol. The van der Waals surface area contributed by atoms with Crippen LogP contribution in [0.25, 0.3) is 0 Å². The third-order valence-corrected chi connectivity index (χ3v) is 2.79. The Morgan fingerprint density at radius 3 is 2.92 bits per heavy atom. The maximum absolute atomic E-state index is 5.48. The van der Waals surface area contributed by atoms with E-state index in [9.17, 15) is 0 Å². The normalized spacial score (nSPS) is 16.7. The first-order chi connectivity index (χ1) is 6.25. The molecular formula is C8H11BrN4. The summed E-state index contributed by atoms with van der Waals surface area (Å²) in [5.41, 5.74) is 5.48. The number of rotatable bonds is 2. The molecule has 0 radical (unpaired) electrons. The Hall–Kier alpha value is -0.840. The van der Waals surface area contributed by atoms with Crippen molar-refractivity contribution in [3.8, 4) is 0 Å². The highest BCUT2D eigenvalue weighted by Crippen LogP contribution is 2.26. The van der Waals surface area contributed by atoms with Crippen LogP contribution in [-0.2, 0) is 0 Å². The van der Waals surface area contributed by atoms with E-state index in [0.717, 1.165) is 10.3 Å². The molecule has 0 unspecified atom stereocenters. The fourth-order valence-electron chi connectivity index (χ4n) is 1.23. The molecule has 1 aromatic heterocycles. The van der Waals surface area contributed by atoms with Crippen molar-refractivity contribution in [2.24, 2.45) is 0 Å². The topological polar surface area (TPSA) is 63.8 Å². The molecule has 5 heteroatoms. The lowest BCUT2D eigenvalue weighted by Crippen LogP contribution is -2.27. The van der Waals surface area contributed by atoms with Gasteiger partial charge in [0.15, 0.2) is 0 Å². The van der Waals surface area contributed by atoms with Crippen molar-refractivity contribution in [2.75, 3.05) is 11.1 Å². The van der Waals surface area contributed by atoms with E-state index in [2.05, 4.69) is 31.2 Å². The summed E-state index contributed by atoms with van der Waals surface area (Å²) >= 11 is 3.37. The predicted octanol–water partition coefficient (Wildman–Crippen LogP) is 1.79. The van der Waals surface area contributed by atoms with Crippen LogP contribution in [0, 0.1) is 0 Å². The second-order valence-corrected chi connectivity index (χ2v) is 4.05. The van der Waals surface area contributed by atoms with Crippen molar-refractivity contribution < 1.29 is 0 Å². The molecule has 1 fully saturated rings. The van der Waals surface area contributed by atoms with Gasteiger partial charge in [-0.15, -0.1) is 0 Å². The van der Waals surface area contributed by atoms with E-state index in [-0.39, 0.29) is 0 Å². The summed E-state index contributed by atoms with van der Waals surface area (Å²) in [6, 6.07) is 0.561. The lowest BCUT2D eigenvalue weighted by molar-refractivity contribution is 0.444. The van der Waals surface area contributed by atoms with Gasteiger partial charge in [0.1, 0.15) is 5.82 Å². The number of nitrogen functional groups attached to an aromatic ring is 1. The summed E-state index contributed by atoms with van der Waals surface area (Å²) in [4.78, 5) is 7.97. The maximum Gasteiger partial charge on any atom is 0.221 e. The Kier molecular flexibility index (Phi) is 2.35. The first kappa shape index (κ1) is 8.74. The maximum atomic E-state index is 5.48. The highest BCUT2D eigenvalue weighted by molar-refractivity contribution is 9.10. The van der Waals surface area contributed by atoms with Crippen LogP contribution in [0.4, 0.5) is 11.8 Å². The van der Waals surface area contributed by atoms with Gasteiger partial charge in [-0.2, -0.15) is 4.98 Å². The second kappa shape index (κ2) is 3.49. The quantitative estimate of drug-likeness (QED) is 0.831. The number of hydrogen-bond acceptors (Lipinski definition) is 4. The zero-order valence-electron chi connectivity index (χ0n) is 7.13. The molecule has 4 nitrogen and oxygen atoms in total. The molecule has 0 amide bonds. The first-order valence-electron chi connectivity index (χ1n) is 4.30. The SMILES string of the molecule is Nc1ncc(Br)c(NC2CCC2)n1. The van der Waals surface area contributed by atoms with Crippen LogP contribution in [-0.4, -0.2) is 16.0 Å². The van der Waals surface area contributed by atoms with Crippen LogP contribution in [0.5, 0.6) is 0 Å². The standard InChI is InChI=1S/C8H11BrN4/c9-6-4-11-8(10)13-7(6)12-5-2-1-3-5/h4-5H,1-3H2,(H3,10,11,12,13). The molecule has 0 aromatic carbocycles. The molecule has 3 N–H and O–H groups in total. The number of hydrogen-bond donors (Lipinski definition) is 2.